The first-order valence-corrected chi connectivity index (χ1v) is 10.9. The van der Waals surface area contributed by atoms with E-state index in [1.54, 1.807) is 12.3 Å². The topological polar surface area (TPSA) is 80.3 Å². The summed E-state index contributed by atoms with van der Waals surface area (Å²) in [5.74, 6) is 1.61. The van der Waals surface area contributed by atoms with E-state index in [0.717, 1.165) is 22.3 Å². The number of hydrogen-bond acceptors (Lipinski definition) is 5. The van der Waals surface area contributed by atoms with Crippen LogP contribution in [0.15, 0.2) is 91.3 Å². The Kier molecular flexibility index (Phi) is 4.60. The Hall–Kier alpha value is -4.89. The number of benzene rings is 3. The Morgan fingerprint density at radius 3 is 2.21 bits per heavy atom. The lowest BCUT2D eigenvalue weighted by molar-refractivity contribution is 0.989. The minimum absolute atomic E-state index is 0.429. The zero-order valence-corrected chi connectivity index (χ0v) is 18.3. The van der Waals surface area contributed by atoms with Gasteiger partial charge in [-0.15, -0.1) is 0 Å². The third-order valence-electron chi connectivity index (χ3n) is 5.87. The highest BCUT2D eigenvalue weighted by atomic mass is 15.0. The van der Waals surface area contributed by atoms with Crippen molar-refractivity contribution in [3.63, 3.8) is 0 Å². The van der Waals surface area contributed by atoms with Crippen LogP contribution in [0, 0.1) is 18.3 Å². The molecule has 0 bridgehead atoms. The summed E-state index contributed by atoms with van der Waals surface area (Å²) in [7, 11) is 0. The van der Waals surface area contributed by atoms with E-state index in [4.69, 9.17) is 4.98 Å². The maximum absolute atomic E-state index is 9.49. The molecule has 160 valence electrons. The first kappa shape index (κ1) is 19.8. The lowest BCUT2D eigenvalue weighted by Crippen LogP contribution is -2.01. The first-order chi connectivity index (χ1) is 16.7. The molecule has 6 heteroatoms. The Morgan fingerprint density at radius 1 is 0.765 bits per heavy atom. The SMILES string of the molecule is Cc1nc(-c2cccc(-n3c4ccccc4c4ccccc43)c2)nc(-c2ccncc2C#N)n1. The van der Waals surface area contributed by atoms with E-state index in [1.807, 2.05) is 19.1 Å². The highest BCUT2D eigenvalue weighted by molar-refractivity contribution is 6.09. The van der Waals surface area contributed by atoms with Crippen LogP contribution in [0.4, 0.5) is 0 Å². The molecule has 0 saturated carbocycles. The van der Waals surface area contributed by atoms with Gasteiger partial charge < -0.3 is 4.57 Å². The van der Waals surface area contributed by atoms with Crippen LogP contribution in [0.2, 0.25) is 0 Å². The summed E-state index contributed by atoms with van der Waals surface area (Å²) in [5.41, 5.74) is 5.25. The summed E-state index contributed by atoms with van der Waals surface area (Å²) >= 11 is 0. The van der Waals surface area contributed by atoms with E-state index < -0.39 is 0 Å². The van der Waals surface area contributed by atoms with Crippen LogP contribution in [0.5, 0.6) is 0 Å². The van der Waals surface area contributed by atoms with Crippen molar-refractivity contribution < 1.29 is 0 Å². The Morgan fingerprint density at radius 2 is 1.47 bits per heavy atom. The molecule has 0 N–H and O–H groups in total. The van der Waals surface area contributed by atoms with Crippen molar-refractivity contribution in [1.29, 1.82) is 5.26 Å². The van der Waals surface area contributed by atoms with Gasteiger partial charge in [-0.3, -0.25) is 4.98 Å². The lowest BCUT2D eigenvalue weighted by Gasteiger charge is -2.11. The summed E-state index contributed by atoms with van der Waals surface area (Å²) in [5, 5.41) is 11.9. The minimum atomic E-state index is 0.429. The molecule has 0 radical (unpaired) electrons. The second-order valence-electron chi connectivity index (χ2n) is 7.98. The maximum Gasteiger partial charge on any atom is 0.165 e. The van der Waals surface area contributed by atoms with Crippen LogP contribution in [0.1, 0.15) is 11.4 Å². The standard InChI is InChI=1S/C28H18N6/c1-18-31-27(33-28(32-18)22-13-14-30-17-20(22)16-29)19-7-6-8-21(15-19)34-25-11-4-2-9-23(25)24-10-3-5-12-26(24)34/h2-15,17H,1H3. The molecule has 0 unspecified atom stereocenters. The molecule has 0 fully saturated rings. The maximum atomic E-state index is 9.49. The van der Waals surface area contributed by atoms with Gasteiger partial charge in [0.1, 0.15) is 11.9 Å². The molecule has 0 saturated heterocycles. The van der Waals surface area contributed by atoms with Crippen molar-refractivity contribution in [1.82, 2.24) is 24.5 Å². The van der Waals surface area contributed by atoms with Crippen LogP contribution >= 0.6 is 0 Å². The summed E-state index contributed by atoms with van der Waals surface area (Å²) in [4.78, 5) is 17.8. The molecule has 6 rings (SSSR count). The van der Waals surface area contributed by atoms with E-state index >= 15 is 0 Å². The van der Waals surface area contributed by atoms with E-state index in [-0.39, 0.29) is 0 Å². The Balaban J connectivity index is 1.54. The Labute approximate surface area is 195 Å². The quantitative estimate of drug-likeness (QED) is 0.345. The van der Waals surface area contributed by atoms with Gasteiger partial charge in [-0.2, -0.15) is 5.26 Å². The molecule has 34 heavy (non-hydrogen) atoms. The molecular formula is C28H18N6. The van der Waals surface area contributed by atoms with Gasteiger partial charge in [-0.25, -0.2) is 15.0 Å². The third-order valence-corrected chi connectivity index (χ3v) is 5.87. The van der Waals surface area contributed by atoms with E-state index in [1.165, 1.54) is 17.0 Å². The second-order valence-corrected chi connectivity index (χ2v) is 7.98. The van der Waals surface area contributed by atoms with Gasteiger partial charge in [-0.05, 0) is 37.3 Å². The third kappa shape index (κ3) is 3.19. The molecule has 0 aliphatic rings. The minimum Gasteiger partial charge on any atom is -0.309 e. The molecule has 6 aromatic rings. The van der Waals surface area contributed by atoms with E-state index in [9.17, 15) is 5.26 Å². The Bertz CT molecular complexity index is 1690. The number of aryl methyl sites for hydroxylation is 1. The molecule has 0 atom stereocenters. The predicted molar refractivity (Wildman–Crippen MR) is 132 cm³/mol. The van der Waals surface area contributed by atoms with Crippen molar-refractivity contribution in [3.8, 4) is 34.5 Å². The number of aromatic nitrogens is 5. The van der Waals surface area contributed by atoms with Crippen LogP contribution in [0.25, 0.3) is 50.3 Å². The number of fused-ring (bicyclic) bond motifs is 3. The van der Waals surface area contributed by atoms with Gasteiger partial charge in [0.25, 0.3) is 0 Å². The number of hydrogen-bond donors (Lipinski definition) is 0. The van der Waals surface area contributed by atoms with Gasteiger partial charge in [0, 0.05) is 40.0 Å². The van der Waals surface area contributed by atoms with Crippen molar-refractivity contribution in [2.24, 2.45) is 0 Å². The average Bonchev–Trinajstić information content (AvgIpc) is 3.23. The van der Waals surface area contributed by atoms with Crippen molar-refractivity contribution >= 4 is 21.8 Å². The highest BCUT2D eigenvalue weighted by Crippen LogP contribution is 2.33. The van der Waals surface area contributed by atoms with Crippen molar-refractivity contribution in [2.45, 2.75) is 6.92 Å². The van der Waals surface area contributed by atoms with Crippen LogP contribution in [0.3, 0.4) is 0 Å². The first-order valence-electron chi connectivity index (χ1n) is 10.9. The van der Waals surface area contributed by atoms with Crippen molar-refractivity contribution in [3.05, 3.63) is 103 Å². The monoisotopic (exact) mass is 438 g/mol. The number of para-hydroxylation sites is 2. The molecule has 6 nitrogen and oxygen atoms in total. The molecule has 0 aliphatic heterocycles. The molecular weight excluding hydrogens is 420 g/mol. The molecule has 0 spiro atoms. The largest absolute Gasteiger partial charge is 0.309 e. The number of nitriles is 1. The fourth-order valence-corrected chi connectivity index (χ4v) is 4.39. The lowest BCUT2D eigenvalue weighted by atomic mass is 10.1. The van der Waals surface area contributed by atoms with E-state index in [0.29, 0.717) is 28.6 Å². The summed E-state index contributed by atoms with van der Waals surface area (Å²) in [6.07, 6.45) is 3.16. The fraction of sp³-hybridized carbons (Fsp3) is 0.0357. The van der Waals surface area contributed by atoms with Gasteiger partial charge in [0.15, 0.2) is 11.6 Å². The number of pyridine rings is 1. The molecule has 0 amide bonds. The second kappa shape index (κ2) is 7.91. The van der Waals surface area contributed by atoms with E-state index in [2.05, 4.69) is 86.3 Å². The summed E-state index contributed by atoms with van der Waals surface area (Å²) in [6, 6.07) is 29.0. The van der Waals surface area contributed by atoms with Crippen LogP contribution in [-0.2, 0) is 0 Å². The van der Waals surface area contributed by atoms with Gasteiger partial charge in [0.05, 0.1) is 16.6 Å². The molecule has 3 aromatic carbocycles. The molecule has 3 aromatic heterocycles. The van der Waals surface area contributed by atoms with Gasteiger partial charge in [0.2, 0.25) is 0 Å². The fourth-order valence-electron chi connectivity index (χ4n) is 4.39. The average molecular weight is 438 g/mol. The number of nitrogens with zero attached hydrogens (tertiary/aromatic N) is 6. The van der Waals surface area contributed by atoms with Crippen LogP contribution in [-0.4, -0.2) is 24.5 Å². The zero-order valence-electron chi connectivity index (χ0n) is 18.3. The number of rotatable bonds is 3. The molecule has 3 heterocycles. The van der Waals surface area contributed by atoms with Crippen LogP contribution < -0.4 is 0 Å². The zero-order chi connectivity index (χ0) is 23.1. The summed E-state index contributed by atoms with van der Waals surface area (Å²) < 4.78 is 2.26. The van der Waals surface area contributed by atoms with Gasteiger partial charge in [-0.1, -0.05) is 48.5 Å². The summed E-state index contributed by atoms with van der Waals surface area (Å²) in [6.45, 7) is 1.83. The predicted octanol–water partition coefficient (Wildman–Crippen LogP) is 5.88. The molecule has 0 aliphatic carbocycles. The normalized spacial score (nSPS) is 11.1. The van der Waals surface area contributed by atoms with Crippen molar-refractivity contribution in [2.75, 3.05) is 0 Å². The highest BCUT2D eigenvalue weighted by Gasteiger charge is 2.15. The van der Waals surface area contributed by atoms with Gasteiger partial charge >= 0.3 is 0 Å². The smallest absolute Gasteiger partial charge is 0.165 e.